The summed E-state index contributed by atoms with van der Waals surface area (Å²) in [5.41, 5.74) is 5.85. The number of amides is 2. The van der Waals surface area contributed by atoms with Crippen LogP contribution in [0.15, 0.2) is 0 Å². The monoisotopic (exact) mass is 345 g/mol. The number of carbonyl (C=O) groups is 2. The molecule has 0 aromatic carbocycles. The van der Waals surface area contributed by atoms with Crippen LogP contribution in [0.5, 0.6) is 0 Å². The molecule has 2 heterocycles. The van der Waals surface area contributed by atoms with Crippen molar-refractivity contribution in [2.24, 2.45) is 11.7 Å². The number of aliphatic hydroxyl groups excluding tert-OH is 1. The SMILES string of the molecule is CC.CC.CC.NC(CC1CCNC1=O)C(O)C(=O)N1CCCC1. The number of aliphatic hydroxyl groups is 1. The molecule has 2 aliphatic rings. The summed E-state index contributed by atoms with van der Waals surface area (Å²) in [7, 11) is 0. The van der Waals surface area contributed by atoms with Crippen molar-refractivity contribution in [2.45, 2.75) is 79.4 Å². The summed E-state index contributed by atoms with van der Waals surface area (Å²) >= 11 is 0. The fourth-order valence-electron chi connectivity index (χ4n) is 2.64. The topological polar surface area (TPSA) is 95.7 Å². The van der Waals surface area contributed by atoms with E-state index in [1.54, 1.807) is 4.90 Å². The van der Waals surface area contributed by atoms with E-state index in [9.17, 15) is 14.7 Å². The van der Waals surface area contributed by atoms with Crippen molar-refractivity contribution in [3.63, 3.8) is 0 Å². The minimum absolute atomic E-state index is 0.0220. The Balaban J connectivity index is 0. The highest BCUT2D eigenvalue weighted by atomic mass is 16.3. The molecular weight excluding hydrogens is 306 g/mol. The molecule has 2 amide bonds. The van der Waals surface area contributed by atoms with Gasteiger partial charge in [-0.2, -0.15) is 0 Å². The lowest BCUT2D eigenvalue weighted by molar-refractivity contribution is -0.140. The zero-order chi connectivity index (χ0) is 19.1. The summed E-state index contributed by atoms with van der Waals surface area (Å²) in [6.07, 6.45) is 1.89. The number of nitrogens with zero attached hydrogens (tertiary/aromatic N) is 1. The molecular formula is C18H39N3O3. The Hall–Kier alpha value is -1.14. The molecule has 4 N–H and O–H groups in total. The second-order valence-corrected chi connectivity index (χ2v) is 5.15. The van der Waals surface area contributed by atoms with Gasteiger partial charge in [-0.1, -0.05) is 41.5 Å². The number of hydrogen-bond acceptors (Lipinski definition) is 4. The Kier molecular flexibility index (Phi) is 16.1. The number of rotatable bonds is 4. The summed E-state index contributed by atoms with van der Waals surface area (Å²) in [4.78, 5) is 25.0. The van der Waals surface area contributed by atoms with Gasteiger partial charge in [0.05, 0.1) is 0 Å². The van der Waals surface area contributed by atoms with Crippen LogP contribution < -0.4 is 11.1 Å². The predicted octanol–water partition coefficient (Wildman–Crippen LogP) is 1.90. The average molecular weight is 346 g/mol. The minimum atomic E-state index is -1.18. The van der Waals surface area contributed by atoms with E-state index in [-0.39, 0.29) is 17.7 Å². The normalized spacial score (nSPS) is 21.1. The van der Waals surface area contributed by atoms with Gasteiger partial charge in [0.1, 0.15) is 6.10 Å². The molecule has 24 heavy (non-hydrogen) atoms. The van der Waals surface area contributed by atoms with Crippen molar-refractivity contribution in [1.82, 2.24) is 10.2 Å². The van der Waals surface area contributed by atoms with Gasteiger partial charge in [-0.3, -0.25) is 9.59 Å². The Morgan fingerprint density at radius 2 is 1.71 bits per heavy atom. The van der Waals surface area contributed by atoms with Crippen molar-refractivity contribution in [1.29, 1.82) is 0 Å². The van der Waals surface area contributed by atoms with Crippen molar-refractivity contribution in [3.05, 3.63) is 0 Å². The first-order chi connectivity index (χ1) is 11.6. The first-order valence-corrected chi connectivity index (χ1v) is 9.59. The first-order valence-electron chi connectivity index (χ1n) is 9.59. The van der Waals surface area contributed by atoms with Crippen LogP contribution in [-0.4, -0.2) is 53.6 Å². The fraction of sp³-hybridized carbons (Fsp3) is 0.889. The third-order valence-corrected chi connectivity index (χ3v) is 3.80. The molecule has 3 atom stereocenters. The molecule has 0 bridgehead atoms. The van der Waals surface area contributed by atoms with Gasteiger partial charge >= 0.3 is 0 Å². The van der Waals surface area contributed by atoms with E-state index < -0.39 is 12.1 Å². The summed E-state index contributed by atoms with van der Waals surface area (Å²) in [6.45, 7) is 14.1. The maximum atomic E-state index is 11.9. The molecule has 144 valence electrons. The molecule has 2 rings (SSSR count). The van der Waals surface area contributed by atoms with Crippen molar-refractivity contribution < 1.29 is 14.7 Å². The molecule has 0 spiro atoms. The van der Waals surface area contributed by atoms with Gasteiger partial charge in [0.15, 0.2) is 0 Å². The molecule has 6 heteroatoms. The molecule has 2 aliphatic heterocycles. The van der Waals surface area contributed by atoms with Crippen LogP contribution in [0.3, 0.4) is 0 Å². The largest absolute Gasteiger partial charge is 0.382 e. The zero-order valence-electron chi connectivity index (χ0n) is 16.5. The highest BCUT2D eigenvalue weighted by Crippen LogP contribution is 2.18. The van der Waals surface area contributed by atoms with Gasteiger partial charge in [0.25, 0.3) is 5.91 Å². The van der Waals surface area contributed by atoms with E-state index in [4.69, 9.17) is 5.73 Å². The molecule has 2 fully saturated rings. The lowest BCUT2D eigenvalue weighted by Crippen LogP contribution is -2.48. The van der Waals surface area contributed by atoms with Crippen LogP contribution in [0.2, 0.25) is 0 Å². The summed E-state index contributed by atoms with van der Waals surface area (Å²) in [5.74, 6) is -0.481. The lowest BCUT2D eigenvalue weighted by atomic mass is 9.95. The second kappa shape index (κ2) is 15.4. The number of nitrogens with two attached hydrogens (primary N) is 1. The minimum Gasteiger partial charge on any atom is -0.382 e. The van der Waals surface area contributed by atoms with Crippen LogP contribution in [0, 0.1) is 5.92 Å². The highest BCUT2D eigenvalue weighted by Gasteiger charge is 2.33. The molecule has 0 aromatic rings. The third-order valence-electron chi connectivity index (χ3n) is 3.80. The predicted molar refractivity (Wildman–Crippen MR) is 99.6 cm³/mol. The van der Waals surface area contributed by atoms with Crippen molar-refractivity contribution in [3.8, 4) is 0 Å². The summed E-state index contributed by atoms with van der Waals surface area (Å²) in [5, 5.41) is 12.7. The van der Waals surface area contributed by atoms with Gasteiger partial charge in [-0.05, 0) is 25.7 Å². The molecule has 6 nitrogen and oxygen atoms in total. The summed E-state index contributed by atoms with van der Waals surface area (Å²) < 4.78 is 0. The second-order valence-electron chi connectivity index (χ2n) is 5.15. The summed E-state index contributed by atoms with van der Waals surface area (Å²) in [6, 6.07) is -0.660. The average Bonchev–Trinajstić information content (AvgIpc) is 3.31. The van der Waals surface area contributed by atoms with Gasteiger partial charge in [0.2, 0.25) is 5.91 Å². The first kappa shape index (κ1) is 25.1. The van der Waals surface area contributed by atoms with Gasteiger partial charge in [-0.15, -0.1) is 0 Å². The van der Waals surface area contributed by atoms with Gasteiger partial charge in [0, 0.05) is 31.6 Å². The van der Waals surface area contributed by atoms with E-state index >= 15 is 0 Å². The van der Waals surface area contributed by atoms with E-state index in [1.807, 2.05) is 41.5 Å². The Bertz CT molecular complexity index is 331. The molecule has 2 saturated heterocycles. The van der Waals surface area contributed by atoms with Crippen LogP contribution in [0.25, 0.3) is 0 Å². The quantitative estimate of drug-likeness (QED) is 0.725. The van der Waals surface area contributed by atoms with Crippen LogP contribution in [0.1, 0.15) is 67.2 Å². The van der Waals surface area contributed by atoms with E-state index in [0.29, 0.717) is 26.1 Å². The molecule has 3 unspecified atom stereocenters. The maximum Gasteiger partial charge on any atom is 0.253 e. The Morgan fingerprint density at radius 1 is 1.21 bits per heavy atom. The van der Waals surface area contributed by atoms with E-state index in [1.165, 1.54) is 0 Å². The standard InChI is InChI=1S/C12H21N3O3.3C2H6/c13-9(7-8-3-4-14-11(8)17)10(16)12(18)15-5-1-2-6-15;3*1-2/h8-10,16H,1-7,13H2,(H,14,17);3*1-2H3. The van der Waals surface area contributed by atoms with Gasteiger partial charge in [-0.25, -0.2) is 0 Å². The highest BCUT2D eigenvalue weighted by molar-refractivity contribution is 5.83. The van der Waals surface area contributed by atoms with Crippen LogP contribution in [-0.2, 0) is 9.59 Å². The van der Waals surface area contributed by atoms with Gasteiger partial charge < -0.3 is 21.1 Å². The fourth-order valence-corrected chi connectivity index (χ4v) is 2.64. The van der Waals surface area contributed by atoms with Crippen LogP contribution in [0.4, 0.5) is 0 Å². The molecule has 0 aromatic heterocycles. The number of nitrogens with one attached hydrogen (secondary N) is 1. The third kappa shape index (κ3) is 8.11. The number of likely N-dealkylation sites (tertiary alicyclic amines) is 1. The van der Waals surface area contributed by atoms with E-state index in [0.717, 1.165) is 19.3 Å². The van der Waals surface area contributed by atoms with Crippen molar-refractivity contribution >= 4 is 11.8 Å². The van der Waals surface area contributed by atoms with E-state index in [2.05, 4.69) is 5.32 Å². The lowest BCUT2D eigenvalue weighted by Gasteiger charge is -2.24. The smallest absolute Gasteiger partial charge is 0.253 e. The molecule has 0 aliphatic carbocycles. The van der Waals surface area contributed by atoms with Crippen molar-refractivity contribution in [2.75, 3.05) is 19.6 Å². The Labute approximate surface area is 148 Å². The number of carbonyl (C=O) groups excluding carboxylic acids is 2. The molecule has 0 saturated carbocycles. The Morgan fingerprint density at radius 3 is 2.12 bits per heavy atom. The van der Waals surface area contributed by atoms with Crippen LogP contribution >= 0.6 is 0 Å². The molecule has 0 radical (unpaired) electrons. The maximum absolute atomic E-state index is 11.9. The zero-order valence-corrected chi connectivity index (χ0v) is 16.5. The number of hydrogen-bond donors (Lipinski definition) is 3.